The molecule has 9 nitrogen and oxygen atoms in total. The Labute approximate surface area is 221 Å². The monoisotopic (exact) mass is 504 g/mol. The normalized spacial score (nSPS) is 11.2. The third kappa shape index (κ3) is 33.5. The van der Waals surface area contributed by atoms with E-state index >= 15 is 0 Å². The maximum atomic E-state index is 11.7. The van der Waals surface area contributed by atoms with Crippen LogP contribution in [-0.2, 0) is 24.8 Å². The van der Waals surface area contributed by atoms with Crippen LogP contribution in [0.25, 0.3) is 0 Å². The summed E-state index contributed by atoms with van der Waals surface area (Å²) in [5.41, 5.74) is -0.632. The van der Waals surface area contributed by atoms with Gasteiger partial charge in [-0.3, -0.25) is 13.9 Å². The van der Waals surface area contributed by atoms with Crippen LogP contribution < -0.4 is 29.6 Å². The van der Waals surface area contributed by atoms with Crippen LogP contribution in [0.15, 0.2) is 11.6 Å². The fourth-order valence-electron chi connectivity index (χ4n) is 3.18. The molecule has 0 bridgehead atoms. The smallest absolute Gasteiger partial charge is 1.00 e. The van der Waals surface area contributed by atoms with Gasteiger partial charge in [0.25, 0.3) is 0 Å². The van der Waals surface area contributed by atoms with E-state index in [9.17, 15) is 14.4 Å². The number of unbranched alkanes of at least 4 members (excludes halogenated alkanes) is 14. The number of carboxylic acids is 2. The van der Waals surface area contributed by atoms with E-state index in [4.69, 9.17) is 27.7 Å². The standard InChI is InChI=1S/C22H38O5.Na.H2O4S.H/c1-2-3-4-5-6-7-8-9-10-11-12-13-14-15-16-17-20(23)19(22(26)27)18-21(24)25;;1-5(2,3)4;/h18H,2-17H2,1H3,(H,24,25)(H,26,27);;(H2,1,2,3,4);/q;+1;;-1/b19-18+;;;. The number of carboxylic acid groups (broad SMARTS) is 2. The number of hydrogen-bond donors (Lipinski definition) is 4. The first kappa shape index (κ1) is 36.8. The molecule has 0 saturated carbocycles. The summed E-state index contributed by atoms with van der Waals surface area (Å²) in [5, 5.41) is 17.5. The first-order valence-corrected chi connectivity index (χ1v) is 12.8. The molecule has 0 aliphatic carbocycles. The Balaban J connectivity index is -0.000000578. The Morgan fingerprint density at radius 1 is 0.697 bits per heavy atom. The van der Waals surface area contributed by atoms with Crippen LogP contribution in [-0.4, -0.2) is 45.5 Å². The molecule has 0 radical (unpaired) electrons. The minimum Gasteiger partial charge on any atom is -1.00 e. The fourth-order valence-corrected chi connectivity index (χ4v) is 3.18. The van der Waals surface area contributed by atoms with E-state index in [2.05, 4.69) is 6.92 Å². The zero-order chi connectivity index (χ0) is 24.8. The van der Waals surface area contributed by atoms with Gasteiger partial charge in [0.2, 0.25) is 0 Å². The van der Waals surface area contributed by atoms with Crippen LogP contribution in [0.4, 0.5) is 0 Å². The number of carbonyl (C=O) groups is 3. The molecule has 0 aromatic heterocycles. The zero-order valence-electron chi connectivity index (χ0n) is 21.1. The van der Waals surface area contributed by atoms with Crippen molar-refractivity contribution in [1.29, 1.82) is 0 Å². The van der Waals surface area contributed by atoms with E-state index < -0.39 is 33.7 Å². The maximum absolute atomic E-state index is 11.7. The number of aliphatic carboxylic acids is 2. The molecular formula is C22H41NaO9S. The van der Waals surface area contributed by atoms with Gasteiger partial charge in [0.1, 0.15) is 5.57 Å². The quantitative estimate of drug-likeness (QED) is 0.0516. The van der Waals surface area contributed by atoms with Crippen LogP contribution >= 0.6 is 0 Å². The molecule has 0 fully saturated rings. The summed E-state index contributed by atoms with van der Waals surface area (Å²) in [4.78, 5) is 33.2. The molecule has 0 aliphatic heterocycles. The van der Waals surface area contributed by atoms with Crippen LogP contribution in [0, 0.1) is 0 Å². The number of hydrogen-bond acceptors (Lipinski definition) is 5. The molecule has 33 heavy (non-hydrogen) atoms. The average molecular weight is 505 g/mol. The molecule has 0 amide bonds. The van der Waals surface area contributed by atoms with Gasteiger partial charge in [-0.05, 0) is 6.42 Å². The molecule has 11 heteroatoms. The van der Waals surface area contributed by atoms with Crippen LogP contribution in [0.1, 0.15) is 111 Å². The molecule has 4 N–H and O–H groups in total. The summed E-state index contributed by atoms with van der Waals surface area (Å²) in [7, 11) is -4.67. The molecule has 0 spiro atoms. The van der Waals surface area contributed by atoms with E-state index in [1.165, 1.54) is 70.6 Å². The Bertz CT molecular complexity index is 659. The first-order chi connectivity index (χ1) is 15.0. The minimum atomic E-state index is -4.67. The van der Waals surface area contributed by atoms with Crippen molar-refractivity contribution in [3.8, 4) is 0 Å². The largest absolute Gasteiger partial charge is 1.00 e. The molecule has 0 aromatic carbocycles. The number of ketones is 1. The van der Waals surface area contributed by atoms with Gasteiger partial charge in [-0.15, -0.1) is 0 Å². The molecule has 0 aliphatic rings. The number of carbonyl (C=O) groups excluding carboxylic acids is 1. The Hall–Kier alpha value is -0.780. The van der Waals surface area contributed by atoms with Gasteiger partial charge in [-0.1, -0.05) is 96.8 Å². The summed E-state index contributed by atoms with van der Waals surface area (Å²) < 4.78 is 31.6. The van der Waals surface area contributed by atoms with E-state index in [0.29, 0.717) is 12.5 Å². The van der Waals surface area contributed by atoms with Crippen molar-refractivity contribution in [1.82, 2.24) is 0 Å². The Morgan fingerprint density at radius 2 is 1.00 bits per heavy atom. The van der Waals surface area contributed by atoms with E-state index in [-0.39, 0.29) is 37.4 Å². The minimum absolute atomic E-state index is 0. The van der Waals surface area contributed by atoms with Gasteiger partial charge in [0, 0.05) is 12.5 Å². The third-order valence-electron chi connectivity index (χ3n) is 4.81. The van der Waals surface area contributed by atoms with Crippen molar-refractivity contribution < 1.29 is 73.1 Å². The van der Waals surface area contributed by atoms with E-state index in [1.807, 2.05) is 0 Å². The zero-order valence-corrected chi connectivity index (χ0v) is 22.9. The van der Waals surface area contributed by atoms with Crippen molar-refractivity contribution in [3.05, 3.63) is 11.6 Å². The Morgan fingerprint density at radius 3 is 1.27 bits per heavy atom. The molecule has 0 unspecified atom stereocenters. The number of rotatable bonds is 19. The van der Waals surface area contributed by atoms with Crippen LogP contribution in [0.2, 0.25) is 0 Å². The topological polar surface area (TPSA) is 166 Å². The second-order valence-electron chi connectivity index (χ2n) is 7.77. The first-order valence-electron chi connectivity index (χ1n) is 11.4. The van der Waals surface area contributed by atoms with Gasteiger partial charge >= 0.3 is 51.9 Å². The van der Waals surface area contributed by atoms with Crippen LogP contribution in [0.5, 0.6) is 0 Å². The summed E-state index contributed by atoms with van der Waals surface area (Å²) in [6.07, 6.45) is 18.9. The molecule has 0 aromatic rings. The van der Waals surface area contributed by atoms with Gasteiger partial charge in [-0.25, -0.2) is 9.59 Å². The molecule has 0 atom stereocenters. The van der Waals surface area contributed by atoms with Crippen LogP contribution in [0.3, 0.4) is 0 Å². The SMILES string of the molecule is CCCCCCCCCCCCCCCCCC(=O)/C(=C\C(=O)O)C(=O)O.O=S(=O)(O)O.[H-].[Na+]. The number of Topliss-reactive ketones (excluding diaryl/α,β-unsaturated/α-hetero) is 1. The molecule has 0 rings (SSSR count). The molecule has 190 valence electrons. The second kappa shape index (κ2) is 24.3. The summed E-state index contributed by atoms with van der Waals surface area (Å²) in [6.45, 7) is 2.24. The summed E-state index contributed by atoms with van der Waals surface area (Å²) in [5.74, 6) is -3.47. The fraction of sp³-hybridized carbons (Fsp3) is 0.773. The third-order valence-corrected chi connectivity index (χ3v) is 4.81. The van der Waals surface area contributed by atoms with E-state index in [0.717, 1.165) is 19.3 Å². The maximum Gasteiger partial charge on any atom is 1.00 e. The van der Waals surface area contributed by atoms with Crippen molar-refractivity contribution in [2.24, 2.45) is 0 Å². The summed E-state index contributed by atoms with van der Waals surface area (Å²) in [6, 6.07) is 0. The van der Waals surface area contributed by atoms with Crippen molar-refractivity contribution >= 4 is 28.1 Å². The summed E-state index contributed by atoms with van der Waals surface area (Å²) >= 11 is 0. The van der Waals surface area contributed by atoms with Gasteiger partial charge in [0.05, 0.1) is 0 Å². The van der Waals surface area contributed by atoms with Gasteiger partial charge in [0.15, 0.2) is 5.78 Å². The van der Waals surface area contributed by atoms with Gasteiger partial charge in [-0.2, -0.15) is 8.42 Å². The van der Waals surface area contributed by atoms with Crippen molar-refractivity contribution in [2.45, 2.75) is 110 Å². The van der Waals surface area contributed by atoms with Gasteiger partial charge < -0.3 is 11.6 Å². The average Bonchev–Trinajstić information content (AvgIpc) is 2.67. The van der Waals surface area contributed by atoms with Crippen molar-refractivity contribution in [2.75, 3.05) is 0 Å². The molecule has 0 heterocycles. The van der Waals surface area contributed by atoms with Crippen molar-refractivity contribution in [3.63, 3.8) is 0 Å². The van der Waals surface area contributed by atoms with E-state index in [1.54, 1.807) is 0 Å². The second-order valence-corrected chi connectivity index (χ2v) is 8.67. The molecular weight excluding hydrogens is 463 g/mol. The predicted octanol–water partition coefficient (Wildman–Crippen LogP) is 2.38. The predicted molar refractivity (Wildman–Crippen MR) is 123 cm³/mol. The Kier molecular flexibility index (Phi) is 27.1. The molecule has 0 saturated heterocycles.